The number of benzene rings is 1. The van der Waals surface area contributed by atoms with E-state index in [0.717, 1.165) is 18.7 Å². The molecule has 0 atom stereocenters. The Kier molecular flexibility index (Phi) is 6.97. The van der Waals surface area contributed by atoms with E-state index < -0.39 is 0 Å². The van der Waals surface area contributed by atoms with Crippen LogP contribution in [0, 0.1) is 5.82 Å². The van der Waals surface area contributed by atoms with E-state index in [-0.39, 0.29) is 11.7 Å². The van der Waals surface area contributed by atoms with Crippen molar-refractivity contribution in [3.05, 3.63) is 71.3 Å². The first-order valence-corrected chi connectivity index (χ1v) is 9.62. The second-order valence-electron chi connectivity index (χ2n) is 6.81. The summed E-state index contributed by atoms with van der Waals surface area (Å²) in [5, 5.41) is 6.14. The van der Waals surface area contributed by atoms with Gasteiger partial charge < -0.3 is 10.6 Å². The molecule has 2 aromatic rings. The predicted octanol–water partition coefficient (Wildman–Crippen LogP) is 4.50. The number of halogens is 1. The molecule has 0 fully saturated rings. The van der Waals surface area contributed by atoms with Crippen molar-refractivity contribution in [2.75, 3.05) is 18.4 Å². The Morgan fingerprint density at radius 2 is 1.96 bits per heavy atom. The number of hydrogen-bond donors (Lipinski definition) is 2. The van der Waals surface area contributed by atoms with Crippen LogP contribution in [-0.4, -0.2) is 24.0 Å². The van der Waals surface area contributed by atoms with Crippen LogP contribution < -0.4 is 10.6 Å². The molecule has 0 spiro atoms. The Morgan fingerprint density at radius 3 is 2.70 bits per heavy atom. The van der Waals surface area contributed by atoms with Gasteiger partial charge in [0.2, 0.25) is 0 Å². The molecule has 0 saturated heterocycles. The molecular weight excluding hydrogens is 341 g/mol. The van der Waals surface area contributed by atoms with E-state index in [9.17, 15) is 9.18 Å². The quantitative estimate of drug-likeness (QED) is 0.676. The maximum absolute atomic E-state index is 13.6. The topological polar surface area (TPSA) is 54.0 Å². The van der Waals surface area contributed by atoms with Crippen LogP contribution in [0.2, 0.25) is 0 Å². The Hall–Kier alpha value is -2.69. The van der Waals surface area contributed by atoms with Crippen LogP contribution in [0.15, 0.2) is 54.2 Å². The minimum Gasteiger partial charge on any atom is -0.383 e. The van der Waals surface area contributed by atoms with Crippen molar-refractivity contribution >= 4 is 11.6 Å². The van der Waals surface area contributed by atoms with Gasteiger partial charge in [0.25, 0.3) is 5.91 Å². The number of hydrogen-bond acceptors (Lipinski definition) is 3. The predicted molar refractivity (Wildman–Crippen MR) is 106 cm³/mol. The summed E-state index contributed by atoms with van der Waals surface area (Å²) in [6, 6.07) is 10.2. The van der Waals surface area contributed by atoms with Crippen molar-refractivity contribution in [2.24, 2.45) is 0 Å². The van der Waals surface area contributed by atoms with Crippen LogP contribution in [0.5, 0.6) is 0 Å². The molecule has 0 unspecified atom stereocenters. The second kappa shape index (κ2) is 9.86. The summed E-state index contributed by atoms with van der Waals surface area (Å²) >= 11 is 0. The number of pyridine rings is 1. The molecule has 5 heteroatoms. The minimum absolute atomic E-state index is 0.245. The van der Waals surface area contributed by atoms with E-state index in [1.54, 1.807) is 30.5 Å². The van der Waals surface area contributed by atoms with Crippen molar-refractivity contribution in [1.29, 1.82) is 0 Å². The van der Waals surface area contributed by atoms with Crippen LogP contribution in [0.3, 0.4) is 0 Å². The van der Waals surface area contributed by atoms with E-state index in [1.807, 2.05) is 6.07 Å². The summed E-state index contributed by atoms with van der Waals surface area (Å²) in [7, 11) is 0. The van der Waals surface area contributed by atoms with Gasteiger partial charge >= 0.3 is 0 Å². The third kappa shape index (κ3) is 5.91. The third-order valence-corrected chi connectivity index (χ3v) is 4.79. The monoisotopic (exact) mass is 367 g/mol. The first-order chi connectivity index (χ1) is 13.2. The van der Waals surface area contributed by atoms with Gasteiger partial charge in [-0.25, -0.2) is 9.37 Å². The maximum atomic E-state index is 13.6. The van der Waals surface area contributed by atoms with Crippen molar-refractivity contribution in [3.8, 4) is 0 Å². The molecule has 1 aliphatic carbocycles. The second-order valence-corrected chi connectivity index (χ2v) is 6.81. The molecule has 3 rings (SSSR count). The lowest BCUT2D eigenvalue weighted by Gasteiger charge is -2.13. The van der Waals surface area contributed by atoms with E-state index in [4.69, 9.17) is 0 Å². The summed E-state index contributed by atoms with van der Waals surface area (Å²) in [4.78, 5) is 16.4. The van der Waals surface area contributed by atoms with Gasteiger partial charge in [-0.2, -0.15) is 0 Å². The molecule has 0 aliphatic heterocycles. The summed E-state index contributed by atoms with van der Waals surface area (Å²) < 4.78 is 13.6. The molecule has 1 heterocycles. The highest BCUT2D eigenvalue weighted by molar-refractivity contribution is 5.92. The van der Waals surface area contributed by atoms with Gasteiger partial charge in [-0.3, -0.25) is 4.79 Å². The molecular formula is C22H26FN3O. The maximum Gasteiger partial charge on any atom is 0.269 e. The van der Waals surface area contributed by atoms with Gasteiger partial charge in [0.1, 0.15) is 11.5 Å². The fourth-order valence-corrected chi connectivity index (χ4v) is 3.23. The molecule has 142 valence electrons. The number of rotatable bonds is 8. The lowest BCUT2D eigenvalue weighted by molar-refractivity contribution is 0.0949. The van der Waals surface area contributed by atoms with Crippen molar-refractivity contribution in [3.63, 3.8) is 0 Å². The average molecular weight is 367 g/mol. The van der Waals surface area contributed by atoms with Gasteiger partial charge in [-0.1, -0.05) is 29.8 Å². The SMILES string of the molecule is O=C(NCCc1ccccc1F)c1ccc(NCCC2=CCCCC2)cn1. The number of nitrogens with one attached hydrogen (secondary N) is 2. The standard InChI is InChI=1S/C22H26FN3O/c23-20-9-5-4-8-18(20)13-15-25-22(27)21-11-10-19(16-26-21)24-14-12-17-6-2-1-3-7-17/h4-6,8-11,16,24H,1-3,7,12-15H2,(H,25,27). The third-order valence-electron chi connectivity index (χ3n) is 4.79. The Morgan fingerprint density at radius 1 is 1.07 bits per heavy atom. The summed E-state index contributed by atoms with van der Waals surface area (Å²) in [6.07, 6.45) is 10.6. The Bertz CT molecular complexity index is 786. The fraction of sp³-hybridized carbons (Fsp3) is 0.364. The van der Waals surface area contributed by atoms with Crippen molar-refractivity contribution in [2.45, 2.75) is 38.5 Å². The van der Waals surface area contributed by atoms with E-state index in [0.29, 0.717) is 24.2 Å². The summed E-state index contributed by atoms with van der Waals surface area (Å²) in [6.45, 7) is 1.25. The van der Waals surface area contributed by atoms with Crippen LogP contribution in [0.1, 0.15) is 48.2 Å². The first kappa shape index (κ1) is 19.1. The Labute approximate surface area is 159 Å². The van der Waals surface area contributed by atoms with Crippen molar-refractivity contribution < 1.29 is 9.18 Å². The summed E-state index contributed by atoms with van der Waals surface area (Å²) in [5.74, 6) is -0.491. The molecule has 27 heavy (non-hydrogen) atoms. The highest BCUT2D eigenvalue weighted by Gasteiger charge is 2.08. The average Bonchev–Trinajstić information content (AvgIpc) is 2.71. The lowest BCUT2D eigenvalue weighted by atomic mass is 9.97. The molecule has 1 aromatic carbocycles. The molecule has 1 aromatic heterocycles. The molecule has 1 aliphatic rings. The molecule has 0 bridgehead atoms. The molecule has 4 nitrogen and oxygen atoms in total. The van der Waals surface area contributed by atoms with E-state index >= 15 is 0 Å². The number of nitrogens with zero attached hydrogens (tertiary/aromatic N) is 1. The normalized spacial score (nSPS) is 13.7. The van der Waals surface area contributed by atoms with Crippen LogP contribution >= 0.6 is 0 Å². The lowest BCUT2D eigenvalue weighted by Crippen LogP contribution is -2.26. The van der Waals surface area contributed by atoms with Gasteiger partial charge in [0, 0.05) is 13.1 Å². The number of allylic oxidation sites excluding steroid dienone is 1. The number of aromatic nitrogens is 1. The number of carbonyl (C=O) groups is 1. The number of anilines is 1. The van der Waals surface area contributed by atoms with E-state index in [1.165, 1.54) is 37.3 Å². The zero-order valence-electron chi connectivity index (χ0n) is 15.5. The smallest absolute Gasteiger partial charge is 0.269 e. The van der Waals surface area contributed by atoms with Crippen molar-refractivity contribution in [1.82, 2.24) is 10.3 Å². The van der Waals surface area contributed by atoms with E-state index in [2.05, 4.69) is 21.7 Å². The van der Waals surface area contributed by atoms with Gasteiger partial charge in [-0.15, -0.1) is 0 Å². The Balaban J connectivity index is 1.41. The fourth-order valence-electron chi connectivity index (χ4n) is 3.23. The van der Waals surface area contributed by atoms with Crippen LogP contribution in [-0.2, 0) is 6.42 Å². The minimum atomic E-state index is -0.246. The molecule has 1 amide bonds. The van der Waals surface area contributed by atoms with Gasteiger partial charge in [0.05, 0.1) is 11.9 Å². The number of amides is 1. The molecule has 0 saturated carbocycles. The number of carbonyl (C=O) groups excluding carboxylic acids is 1. The van der Waals surface area contributed by atoms with Crippen LogP contribution in [0.25, 0.3) is 0 Å². The summed E-state index contributed by atoms with van der Waals surface area (Å²) in [5.41, 5.74) is 3.41. The molecule has 2 N–H and O–H groups in total. The highest BCUT2D eigenvalue weighted by atomic mass is 19.1. The zero-order chi connectivity index (χ0) is 18.9. The van der Waals surface area contributed by atoms with Crippen LogP contribution in [0.4, 0.5) is 10.1 Å². The highest BCUT2D eigenvalue weighted by Crippen LogP contribution is 2.20. The van der Waals surface area contributed by atoms with Gasteiger partial charge in [-0.05, 0) is 62.3 Å². The largest absolute Gasteiger partial charge is 0.383 e. The zero-order valence-corrected chi connectivity index (χ0v) is 15.5. The first-order valence-electron chi connectivity index (χ1n) is 9.62. The van der Waals surface area contributed by atoms with Gasteiger partial charge in [0.15, 0.2) is 0 Å². The molecule has 0 radical (unpaired) electrons.